The normalized spacial score (nSPS) is 27.6. The highest BCUT2D eigenvalue weighted by molar-refractivity contribution is 6.01. The Morgan fingerprint density at radius 1 is 1.16 bits per heavy atom. The van der Waals surface area contributed by atoms with Crippen LogP contribution in [-0.2, 0) is 28.7 Å². The fourth-order valence-electron chi connectivity index (χ4n) is 4.76. The van der Waals surface area contributed by atoms with Gasteiger partial charge in [-0.25, -0.2) is 0 Å². The summed E-state index contributed by atoms with van der Waals surface area (Å²) >= 11 is 0. The third kappa shape index (κ3) is 8.40. The predicted molar refractivity (Wildman–Crippen MR) is 134 cm³/mol. The van der Waals surface area contributed by atoms with Gasteiger partial charge in [-0.15, -0.1) is 0 Å². The van der Waals surface area contributed by atoms with Crippen molar-refractivity contribution in [2.24, 2.45) is 29.0 Å². The second-order valence-electron chi connectivity index (χ2n) is 9.77. The molecule has 0 aromatic rings. The molecule has 1 aliphatic rings. The van der Waals surface area contributed by atoms with Gasteiger partial charge in [-0.2, -0.15) is 0 Å². The number of nitrogens with two attached hydrogens (primary N) is 3. The number of aliphatic carboxylic acids is 1. The molecule has 0 radical (unpaired) electrons. The quantitative estimate of drug-likeness (QED) is 0.118. The van der Waals surface area contributed by atoms with Crippen molar-refractivity contribution < 1.29 is 49.1 Å². The summed E-state index contributed by atoms with van der Waals surface area (Å²) in [5, 5.41) is 40.3. The molecule has 0 saturated carbocycles. The molecule has 0 aliphatic carbocycles. The first-order valence-electron chi connectivity index (χ1n) is 12.9. The fourth-order valence-corrected chi connectivity index (χ4v) is 4.76. The minimum atomic E-state index is -1.58. The van der Waals surface area contributed by atoms with Crippen molar-refractivity contribution >= 4 is 23.7 Å². The van der Waals surface area contributed by atoms with Crippen molar-refractivity contribution in [1.82, 2.24) is 4.90 Å². The van der Waals surface area contributed by atoms with Crippen molar-refractivity contribution in [2.45, 2.75) is 109 Å². The molecule has 0 bridgehead atoms. The number of ether oxygens (including phenoxy) is 2. The largest absolute Gasteiger partial charge is 0.481 e. The summed E-state index contributed by atoms with van der Waals surface area (Å²) in [6, 6.07) is -3.87. The first-order valence-corrected chi connectivity index (χ1v) is 12.9. The van der Waals surface area contributed by atoms with E-state index in [2.05, 4.69) is 0 Å². The van der Waals surface area contributed by atoms with Gasteiger partial charge in [0.15, 0.2) is 6.29 Å². The summed E-state index contributed by atoms with van der Waals surface area (Å²) in [7, 11) is 0. The Morgan fingerprint density at radius 2 is 1.76 bits per heavy atom. The zero-order valence-corrected chi connectivity index (χ0v) is 22.4. The first-order chi connectivity index (χ1) is 17.7. The number of aliphatic hydroxyl groups is 3. The summed E-state index contributed by atoms with van der Waals surface area (Å²) in [6.07, 6.45) is -4.99. The van der Waals surface area contributed by atoms with Gasteiger partial charge in [-0.3, -0.25) is 24.1 Å². The number of imide groups is 1. The molecular formula is C24H44N4O10. The summed E-state index contributed by atoms with van der Waals surface area (Å²) in [6.45, 7) is 5.51. The molecule has 14 nitrogen and oxygen atoms in total. The molecule has 0 aromatic heterocycles. The van der Waals surface area contributed by atoms with Crippen LogP contribution < -0.4 is 17.2 Å². The second-order valence-corrected chi connectivity index (χ2v) is 9.77. The molecular weight excluding hydrogens is 504 g/mol. The number of aliphatic hydroxyl groups excluding tert-OH is 3. The monoisotopic (exact) mass is 548 g/mol. The molecule has 3 amide bonds. The van der Waals surface area contributed by atoms with Crippen LogP contribution in [-0.4, -0.2) is 104 Å². The Hall–Kier alpha value is -2.20. The number of rotatable bonds is 15. The third-order valence-electron chi connectivity index (χ3n) is 7.07. The van der Waals surface area contributed by atoms with Crippen molar-refractivity contribution in [2.75, 3.05) is 6.61 Å². The van der Waals surface area contributed by atoms with Gasteiger partial charge in [0.2, 0.25) is 17.7 Å². The molecule has 1 rings (SSSR count). The zero-order chi connectivity index (χ0) is 29.3. The Labute approximate surface area is 222 Å². The van der Waals surface area contributed by atoms with Crippen molar-refractivity contribution in [3.8, 4) is 0 Å². The smallest absolute Gasteiger partial charge is 0.306 e. The number of nitrogens with zero attached hydrogens (tertiary/aromatic N) is 1. The molecule has 4 unspecified atom stereocenters. The molecule has 1 aliphatic heterocycles. The lowest BCUT2D eigenvalue weighted by Gasteiger charge is -2.43. The highest BCUT2D eigenvalue weighted by Gasteiger charge is 2.46. The number of carboxylic acids is 1. The van der Waals surface area contributed by atoms with E-state index >= 15 is 0 Å². The fraction of sp³-hybridized carbons (Fsp3) is 0.833. The van der Waals surface area contributed by atoms with Crippen LogP contribution in [0.5, 0.6) is 0 Å². The molecule has 38 heavy (non-hydrogen) atoms. The summed E-state index contributed by atoms with van der Waals surface area (Å²) in [5.41, 5.74) is 17.3. The Bertz CT molecular complexity index is 815. The average Bonchev–Trinajstić information content (AvgIpc) is 2.85. The van der Waals surface area contributed by atoms with Crippen LogP contribution in [0.25, 0.3) is 0 Å². The summed E-state index contributed by atoms with van der Waals surface area (Å²) in [4.78, 5) is 50.7. The standard InChI is InChI=1S/C24H44N4O10/c1-5-7-8-13(11(3)37-20-18(26)24(36)38-17(10-29)19(20)31)14(23(34)35)9-16(21(27)32)28(12(4)30)22(33)15(25)6-2/h11,13-20,24,29,31,36H,5-10,25-26H2,1-4H3,(H2,27,32)(H,34,35)/t11?,13?,14?,15?,16-,17-,18-,19-,20-,24+/m1/s1. The summed E-state index contributed by atoms with van der Waals surface area (Å²) in [5.74, 6) is -6.13. The number of hydrogen-bond donors (Lipinski definition) is 7. The van der Waals surface area contributed by atoms with Crippen molar-refractivity contribution in [3.63, 3.8) is 0 Å². The average molecular weight is 549 g/mol. The SMILES string of the molecule is CCCCC(C(C)O[C@@H]1[C@@H](N)[C@@H](O)O[C@H](CO)[C@H]1O)C(C[C@H](C(N)=O)N(C(C)=O)C(=O)C(N)CC)C(=O)O. The summed E-state index contributed by atoms with van der Waals surface area (Å²) < 4.78 is 11.1. The highest BCUT2D eigenvalue weighted by atomic mass is 16.6. The Morgan fingerprint density at radius 3 is 2.21 bits per heavy atom. The molecule has 220 valence electrons. The van der Waals surface area contributed by atoms with Gasteiger partial charge in [0.05, 0.1) is 30.7 Å². The molecule has 10 atom stereocenters. The maximum Gasteiger partial charge on any atom is 0.306 e. The molecule has 1 fully saturated rings. The topological polar surface area (TPSA) is 249 Å². The van der Waals surface area contributed by atoms with Gasteiger partial charge in [0.1, 0.15) is 24.4 Å². The van der Waals surface area contributed by atoms with E-state index in [-0.39, 0.29) is 6.42 Å². The van der Waals surface area contributed by atoms with E-state index in [9.17, 15) is 39.6 Å². The van der Waals surface area contributed by atoms with Crippen LogP contribution in [0.15, 0.2) is 0 Å². The number of primary amides is 1. The molecule has 1 saturated heterocycles. The maximum atomic E-state index is 12.8. The third-order valence-corrected chi connectivity index (χ3v) is 7.07. The lowest BCUT2D eigenvalue weighted by Crippen LogP contribution is -2.63. The van der Waals surface area contributed by atoms with E-state index in [1.165, 1.54) is 0 Å². The molecule has 0 aromatic carbocycles. The number of carbonyl (C=O) groups is 4. The Balaban J connectivity index is 3.37. The molecule has 0 spiro atoms. The Kier molecular flexibility index (Phi) is 13.7. The van der Waals surface area contributed by atoms with Crippen molar-refractivity contribution in [1.29, 1.82) is 0 Å². The van der Waals surface area contributed by atoms with Crippen LogP contribution in [0.2, 0.25) is 0 Å². The van der Waals surface area contributed by atoms with Crippen molar-refractivity contribution in [3.05, 3.63) is 0 Å². The van der Waals surface area contributed by atoms with Gasteiger partial charge in [0.25, 0.3) is 0 Å². The minimum absolute atomic E-state index is 0.175. The number of unbranched alkanes of at least 4 members (excludes halogenated alkanes) is 1. The van der Waals surface area contributed by atoms with Gasteiger partial charge in [0, 0.05) is 6.92 Å². The first kappa shape index (κ1) is 33.8. The van der Waals surface area contributed by atoms with Crippen LogP contribution in [0, 0.1) is 11.8 Å². The number of carboxylic acid groups (broad SMARTS) is 1. The number of hydrogen-bond acceptors (Lipinski definition) is 11. The van der Waals surface area contributed by atoms with E-state index in [1.807, 2.05) is 6.92 Å². The lowest BCUT2D eigenvalue weighted by atomic mass is 9.79. The van der Waals surface area contributed by atoms with Gasteiger partial charge in [-0.1, -0.05) is 26.7 Å². The van der Waals surface area contributed by atoms with Crippen LogP contribution >= 0.6 is 0 Å². The molecule has 10 N–H and O–H groups in total. The maximum absolute atomic E-state index is 12.8. The van der Waals surface area contributed by atoms with E-state index in [1.54, 1.807) is 13.8 Å². The van der Waals surface area contributed by atoms with Crippen LogP contribution in [0.1, 0.15) is 59.8 Å². The van der Waals surface area contributed by atoms with Gasteiger partial charge >= 0.3 is 5.97 Å². The van der Waals surface area contributed by atoms with E-state index in [0.717, 1.165) is 6.92 Å². The lowest BCUT2D eigenvalue weighted by molar-refractivity contribution is -0.266. The molecule has 1 heterocycles. The minimum Gasteiger partial charge on any atom is -0.481 e. The van der Waals surface area contributed by atoms with E-state index in [4.69, 9.17) is 26.7 Å². The van der Waals surface area contributed by atoms with Crippen LogP contribution in [0.4, 0.5) is 0 Å². The number of amides is 3. The highest BCUT2D eigenvalue weighted by Crippen LogP contribution is 2.32. The zero-order valence-electron chi connectivity index (χ0n) is 22.4. The second kappa shape index (κ2) is 15.4. The number of carbonyl (C=O) groups excluding carboxylic acids is 3. The van der Waals surface area contributed by atoms with Gasteiger partial charge < -0.3 is 47.1 Å². The van der Waals surface area contributed by atoms with E-state index in [0.29, 0.717) is 24.2 Å². The predicted octanol–water partition coefficient (Wildman–Crippen LogP) is -1.98. The van der Waals surface area contributed by atoms with Gasteiger partial charge in [-0.05, 0) is 32.1 Å². The molecule has 14 heteroatoms. The van der Waals surface area contributed by atoms with Crippen LogP contribution in [0.3, 0.4) is 0 Å². The van der Waals surface area contributed by atoms with E-state index < -0.39 is 97.4 Å².